The Bertz CT molecular complexity index is 1450. The van der Waals surface area contributed by atoms with Crippen molar-refractivity contribution in [1.82, 2.24) is 4.72 Å². The molecule has 27 heavy (non-hydrogen) atoms. The maximum Gasteiger partial charge on any atom is 0.241 e. The number of sulfonamides is 1. The summed E-state index contributed by atoms with van der Waals surface area (Å²) in [6.45, 7) is 2.16. The van der Waals surface area contributed by atoms with Crippen molar-refractivity contribution >= 4 is 63.1 Å². The van der Waals surface area contributed by atoms with Gasteiger partial charge in [-0.05, 0) is 22.2 Å². The molecule has 0 radical (unpaired) electrons. The Labute approximate surface area is 161 Å². The minimum Gasteiger partial charge on any atom is -0.211 e. The van der Waals surface area contributed by atoms with E-state index in [9.17, 15) is 8.42 Å². The third kappa shape index (κ3) is 2.46. The van der Waals surface area contributed by atoms with Crippen LogP contribution in [0.4, 0.5) is 0 Å². The van der Waals surface area contributed by atoms with Crippen LogP contribution in [0.2, 0.25) is 0 Å². The molecule has 1 aromatic heterocycles. The molecule has 0 aliphatic rings. The Morgan fingerprint density at radius 2 is 1.56 bits per heavy atom. The van der Waals surface area contributed by atoms with E-state index in [1.54, 1.807) is 18.3 Å². The monoisotopic (exact) mass is 391 g/mol. The van der Waals surface area contributed by atoms with Gasteiger partial charge in [0.1, 0.15) is 0 Å². The number of thiophene rings is 1. The predicted octanol–water partition coefficient (Wildman–Crippen LogP) is 5.66. The number of hydrogen-bond acceptors (Lipinski definition) is 3. The molecule has 134 valence electrons. The van der Waals surface area contributed by atoms with Crippen molar-refractivity contribution < 1.29 is 8.42 Å². The zero-order valence-corrected chi connectivity index (χ0v) is 16.3. The minimum atomic E-state index is -3.55. The second kappa shape index (κ2) is 6.02. The maximum atomic E-state index is 12.8. The van der Waals surface area contributed by atoms with Gasteiger partial charge >= 0.3 is 0 Å². The van der Waals surface area contributed by atoms with Crippen molar-refractivity contribution in [2.45, 2.75) is 11.8 Å². The topological polar surface area (TPSA) is 46.2 Å². The van der Waals surface area contributed by atoms with E-state index in [-0.39, 0.29) is 0 Å². The summed E-state index contributed by atoms with van der Waals surface area (Å²) in [5.41, 5.74) is 0. The van der Waals surface area contributed by atoms with Gasteiger partial charge in [-0.15, -0.1) is 11.3 Å². The molecule has 4 aromatic carbocycles. The number of nitrogens with one attached hydrogen (secondary N) is 1. The fourth-order valence-electron chi connectivity index (χ4n) is 3.83. The van der Waals surface area contributed by atoms with Crippen LogP contribution in [0.3, 0.4) is 0 Å². The molecular formula is C22H17NO2S2. The van der Waals surface area contributed by atoms with Crippen LogP contribution in [0, 0.1) is 0 Å². The minimum absolute atomic E-state index is 0.350. The third-order valence-electron chi connectivity index (χ3n) is 4.96. The van der Waals surface area contributed by atoms with E-state index in [0.717, 1.165) is 20.9 Å². The molecule has 0 aliphatic heterocycles. The molecule has 0 amide bonds. The normalized spacial score (nSPS) is 12.5. The first-order valence-corrected chi connectivity index (χ1v) is 11.2. The summed E-state index contributed by atoms with van der Waals surface area (Å²) < 4.78 is 30.5. The van der Waals surface area contributed by atoms with Gasteiger partial charge in [0.25, 0.3) is 0 Å². The zero-order valence-electron chi connectivity index (χ0n) is 14.7. The first kappa shape index (κ1) is 16.7. The van der Waals surface area contributed by atoms with E-state index in [1.165, 1.54) is 20.9 Å². The number of hydrogen-bond donors (Lipinski definition) is 1. The summed E-state index contributed by atoms with van der Waals surface area (Å²) in [5.74, 6) is 0. The first-order valence-electron chi connectivity index (χ1n) is 8.85. The average Bonchev–Trinajstić information content (AvgIpc) is 3.06. The molecule has 0 saturated carbocycles. The van der Waals surface area contributed by atoms with Crippen molar-refractivity contribution in [2.75, 3.05) is 6.54 Å². The SMILES string of the molecule is CCNS(=O)(=O)c1cc2sc3c4ccccc4ccc3c2c2ccccc12. The van der Waals surface area contributed by atoms with Crippen molar-refractivity contribution in [3.8, 4) is 0 Å². The molecule has 5 aromatic rings. The van der Waals surface area contributed by atoms with Crippen LogP contribution >= 0.6 is 11.3 Å². The van der Waals surface area contributed by atoms with Gasteiger partial charge in [-0.2, -0.15) is 0 Å². The fourth-order valence-corrected chi connectivity index (χ4v) is 6.47. The van der Waals surface area contributed by atoms with Crippen LogP contribution in [0.5, 0.6) is 0 Å². The first-order chi connectivity index (χ1) is 13.1. The van der Waals surface area contributed by atoms with Crippen molar-refractivity contribution in [2.24, 2.45) is 0 Å². The summed E-state index contributed by atoms with van der Waals surface area (Å²) in [6, 6.07) is 22.2. The summed E-state index contributed by atoms with van der Waals surface area (Å²) in [4.78, 5) is 0.350. The fraction of sp³-hybridized carbons (Fsp3) is 0.0909. The second-order valence-electron chi connectivity index (χ2n) is 6.56. The zero-order chi connectivity index (χ0) is 18.6. The van der Waals surface area contributed by atoms with Crippen LogP contribution in [-0.2, 0) is 10.0 Å². The van der Waals surface area contributed by atoms with Gasteiger partial charge in [-0.3, -0.25) is 0 Å². The van der Waals surface area contributed by atoms with Crippen LogP contribution < -0.4 is 4.72 Å². The standard InChI is InChI=1S/C22H17NO2S2/c1-2-23-27(24,25)20-13-19-21(17-10-6-5-9-16(17)20)18-12-11-14-7-3-4-8-15(14)22(18)26-19/h3-13,23H,2H2,1H3. The molecule has 0 saturated heterocycles. The highest BCUT2D eigenvalue weighted by Gasteiger charge is 2.20. The van der Waals surface area contributed by atoms with Gasteiger partial charge in [-0.1, -0.05) is 67.6 Å². The smallest absolute Gasteiger partial charge is 0.211 e. The second-order valence-corrected chi connectivity index (χ2v) is 9.35. The van der Waals surface area contributed by atoms with Crippen molar-refractivity contribution in [3.63, 3.8) is 0 Å². The van der Waals surface area contributed by atoms with Gasteiger partial charge in [-0.25, -0.2) is 13.1 Å². The molecule has 0 bridgehead atoms. The maximum absolute atomic E-state index is 12.8. The molecule has 0 unspecified atom stereocenters. The average molecular weight is 392 g/mol. The van der Waals surface area contributed by atoms with Crippen molar-refractivity contribution in [1.29, 1.82) is 0 Å². The lowest BCUT2D eigenvalue weighted by Gasteiger charge is -2.10. The molecule has 1 heterocycles. The summed E-state index contributed by atoms with van der Waals surface area (Å²) in [7, 11) is -3.55. The molecule has 5 heteroatoms. The van der Waals surface area contributed by atoms with Crippen LogP contribution in [-0.4, -0.2) is 15.0 Å². The van der Waals surface area contributed by atoms with Gasteiger partial charge in [0.2, 0.25) is 10.0 Å². The van der Waals surface area contributed by atoms with Crippen LogP contribution in [0.25, 0.3) is 41.7 Å². The van der Waals surface area contributed by atoms with E-state index < -0.39 is 10.0 Å². The number of benzene rings is 4. The molecule has 0 fully saturated rings. The molecular weight excluding hydrogens is 374 g/mol. The quantitative estimate of drug-likeness (QED) is 0.431. The molecule has 3 nitrogen and oxygen atoms in total. The Morgan fingerprint density at radius 3 is 2.33 bits per heavy atom. The van der Waals surface area contributed by atoms with Gasteiger partial charge in [0, 0.05) is 32.1 Å². The van der Waals surface area contributed by atoms with Gasteiger partial charge < -0.3 is 0 Å². The Balaban J connectivity index is 2.00. The number of fused-ring (bicyclic) bond motifs is 7. The third-order valence-corrected chi connectivity index (χ3v) is 7.73. The van der Waals surface area contributed by atoms with E-state index in [2.05, 4.69) is 29.0 Å². The van der Waals surface area contributed by atoms with Gasteiger partial charge in [0.05, 0.1) is 4.90 Å². The Morgan fingerprint density at radius 1 is 0.852 bits per heavy atom. The van der Waals surface area contributed by atoms with Crippen LogP contribution in [0.1, 0.15) is 6.92 Å². The van der Waals surface area contributed by atoms with E-state index in [0.29, 0.717) is 11.4 Å². The van der Waals surface area contributed by atoms with Gasteiger partial charge in [0.15, 0.2) is 0 Å². The lowest BCUT2D eigenvalue weighted by Crippen LogP contribution is -2.23. The highest BCUT2D eigenvalue weighted by molar-refractivity contribution is 7.89. The molecule has 0 spiro atoms. The van der Waals surface area contributed by atoms with Crippen LogP contribution in [0.15, 0.2) is 71.6 Å². The highest BCUT2D eigenvalue weighted by Crippen LogP contribution is 2.43. The molecule has 1 N–H and O–H groups in total. The largest absolute Gasteiger partial charge is 0.241 e. The Hall–Kier alpha value is -2.47. The van der Waals surface area contributed by atoms with E-state index >= 15 is 0 Å². The Kier molecular flexibility index (Phi) is 3.72. The lowest BCUT2D eigenvalue weighted by molar-refractivity contribution is 0.585. The van der Waals surface area contributed by atoms with Crippen molar-refractivity contribution in [3.05, 3.63) is 66.7 Å². The molecule has 0 atom stereocenters. The predicted molar refractivity (Wildman–Crippen MR) is 115 cm³/mol. The van der Waals surface area contributed by atoms with E-state index in [1.807, 2.05) is 42.5 Å². The number of rotatable bonds is 3. The molecule has 5 rings (SSSR count). The highest BCUT2D eigenvalue weighted by atomic mass is 32.2. The molecule has 0 aliphatic carbocycles. The lowest BCUT2D eigenvalue weighted by atomic mass is 10.0. The summed E-state index contributed by atoms with van der Waals surface area (Å²) in [5, 5.41) is 6.45. The summed E-state index contributed by atoms with van der Waals surface area (Å²) >= 11 is 1.66. The van der Waals surface area contributed by atoms with E-state index in [4.69, 9.17) is 0 Å². The summed E-state index contributed by atoms with van der Waals surface area (Å²) in [6.07, 6.45) is 0.